The molecule has 3 unspecified atom stereocenters. The molecular weight excluding hydrogens is 234 g/mol. The molecule has 0 aromatic heterocycles. The average molecular weight is 253 g/mol. The van der Waals surface area contributed by atoms with Crippen LogP contribution in [0.3, 0.4) is 0 Å². The number of nitrogens with zero attached hydrogens (tertiary/aromatic N) is 1. The van der Waals surface area contributed by atoms with Crippen molar-refractivity contribution < 1.29 is 14.4 Å². The fraction of sp³-hybridized carbons (Fsp3) is 0.750. The quantitative estimate of drug-likeness (QED) is 0.641. The van der Waals surface area contributed by atoms with Gasteiger partial charge in [0.25, 0.3) is 0 Å². The number of imide groups is 1. The molecule has 3 amide bonds. The molecule has 1 heterocycles. The van der Waals surface area contributed by atoms with Crippen molar-refractivity contribution in [2.75, 3.05) is 6.54 Å². The van der Waals surface area contributed by atoms with E-state index in [1.807, 2.05) is 13.8 Å². The molecule has 2 rings (SSSR count). The van der Waals surface area contributed by atoms with Gasteiger partial charge in [-0.2, -0.15) is 0 Å². The number of nitrogens with two attached hydrogens (primary N) is 2. The summed E-state index contributed by atoms with van der Waals surface area (Å²) in [5, 5.41) is 0. The second-order valence-corrected chi connectivity index (χ2v) is 6.14. The van der Waals surface area contributed by atoms with Crippen molar-refractivity contribution in [3.8, 4) is 0 Å². The van der Waals surface area contributed by atoms with Gasteiger partial charge in [-0.25, -0.2) is 0 Å². The lowest BCUT2D eigenvalue weighted by atomic mass is 9.98. The number of piperidine rings is 1. The number of hydrogen-bond donors (Lipinski definition) is 2. The lowest BCUT2D eigenvalue weighted by molar-refractivity contribution is -0.143. The predicted molar refractivity (Wildman–Crippen MR) is 63.9 cm³/mol. The molecule has 1 aliphatic carbocycles. The van der Waals surface area contributed by atoms with Gasteiger partial charge >= 0.3 is 0 Å². The number of amides is 3. The Morgan fingerprint density at radius 1 is 1.33 bits per heavy atom. The monoisotopic (exact) mass is 253 g/mol. The summed E-state index contributed by atoms with van der Waals surface area (Å²) in [7, 11) is 0. The number of likely N-dealkylation sites (tertiary alicyclic amines) is 1. The van der Waals surface area contributed by atoms with Gasteiger partial charge in [0.05, 0.1) is 17.4 Å². The lowest BCUT2D eigenvalue weighted by Gasteiger charge is -2.25. The molecule has 18 heavy (non-hydrogen) atoms. The molecule has 1 saturated carbocycles. The number of carbonyl (C=O) groups is 3. The summed E-state index contributed by atoms with van der Waals surface area (Å²) in [5.41, 5.74) is 9.46. The third-order valence-corrected chi connectivity index (χ3v) is 4.31. The molecule has 4 N–H and O–H groups in total. The normalized spacial score (nSPS) is 32.1. The minimum atomic E-state index is -1.19. The van der Waals surface area contributed by atoms with Gasteiger partial charge in [0, 0.05) is 6.54 Å². The van der Waals surface area contributed by atoms with Gasteiger partial charge < -0.3 is 11.5 Å². The minimum absolute atomic E-state index is 0.143. The number of rotatable bonds is 4. The van der Waals surface area contributed by atoms with Gasteiger partial charge in [0.2, 0.25) is 17.7 Å². The van der Waals surface area contributed by atoms with Crippen molar-refractivity contribution in [3.63, 3.8) is 0 Å². The number of carbonyl (C=O) groups excluding carboxylic acids is 3. The molecule has 100 valence electrons. The molecule has 2 aliphatic rings. The van der Waals surface area contributed by atoms with Gasteiger partial charge in [0.15, 0.2) is 0 Å². The van der Waals surface area contributed by atoms with Crippen LogP contribution in [0.4, 0.5) is 0 Å². The summed E-state index contributed by atoms with van der Waals surface area (Å²) < 4.78 is 0. The second kappa shape index (κ2) is 3.54. The zero-order valence-corrected chi connectivity index (χ0v) is 10.9. The Labute approximate surface area is 106 Å². The van der Waals surface area contributed by atoms with Crippen LogP contribution in [-0.2, 0) is 14.4 Å². The summed E-state index contributed by atoms with van der Waals surface area (Å²) in [6, 6.07) is 0. The Bertz CT molecular complexity index is 418. The number of hydrogen-bond acceptors (Lipinski definition) is 4. The van der Waals surface area contributed by atoms with Gasteiger partial charge in [-0.05, 0) is 18.8 Å². The molecule has 1 saturated heterocycles. The SMILES string of the molecule is CC(N)(CCN1C(=O)C2C(C1=O)C2(C)C)C(N)=O. The fourth-order valence-electron chi connectivity index (χ4n) is 2.69. The third kappa shape index (κ3) is 1.63. The van der Waals surface area contributed by atoms with E-state index in [9.17, 15) is 14.4 Å². The van der Waals surface area contributed by atoms with Crippen LogP contribution in [0.2, 0.25) is 0 Å². The van der Waals surface area contributed by atoms with E-state index in [0.717, 1.165) is 0 Å². The largest absolute Gasteiger partial charge is 0.368 e. The number of primary amides is 1. The summed E-state index contributed by atoms with van der Waals surface area (Å²) in [6.07, 6.45) is 0.194. The first kappa shape index (κ1) is 13.0. The minimum Gasteiger partial charge on any atom is -0.368 e. The molecule has 6 heteroatoms. The summed E-state index contributed by atoms with van der Waals surface area (Å²) in [5.74, 6) is -1.30. The molecule has 0 spiro atoms. The lowest BCUT2D eigenvalue weighted by Crippen LogP contribution is -2.52. The molecule has 0 aromatic rings. The second-order valence-electron chi connectivity index (χ2n) is 6.14. The van der Waals surface area contributed by atoms with E-state index in [-0.39, 0.29) is 42.0 Å². The Morgan fingerprint density at radius 3 is 2.17 bits per heavy atom. The Hall–Kier alpha value is -1.43. The summed E-state index contributed by atoms with van der Waals surface area (Å²) >= 11 is 0. The van der Waals surface area contributed by atoms with E-state index < -0.39 is 11.4 Å². The van der Waals surface area contributed by atoms with Crippen molar-refractivity contribution >= 4 is 17.7 Å². The molecule has 0 aromatic carbocycles. The fourth-order valence-corrected chi connectivity index (χ4v) is 2.69. The first-order valence-electron chi connectivity index (χ1n) is 6.04. The maximum Gasteiger partial charge on any atom is 0.237 e. The molecular formula is C12H19N3O3. The van der Waals surface area contributed by atoms with Gasteiger partial charge in [-0.15, -0.1) is 0 Å². The highest BCUT2D eigenvalue weighted by molar-refractivity contribution is 6.10. The zero-order valence-electron chi connectivity index (χ0n) is 10.9. The van der Waals surface area contributed by atoms with E-state index in [1.54, 1.807) is 0 Å². The standard InChI is InChI=1S/C12H19N3O3/c1-11(2)6-7(11)9(17)15(8(6)16)5-4-12(3,14)10(13)18/h6-7H,4-5,14H2,1-3H3,(H2,13,18). The van der Waals surface area contributed by atoms with Gasteiger partial charge in [-0.1, -0.05) is 13.8 Å². The molecule has 3 atom stereocenters. The Balaban J connectivity index is 2.00. The van der Waals surface area contributed by atoms with E-state index in [2.05, 4.69) is 0 Å². The molecule has 1 aliphatic heterocycles. The highest BCUT2D eigenvalue weighted by Gasteiger charge is 2.72. The molecule has 0 radical (unpaired) electrons. The van der Waals surface area contributed by atoms with Gasteiger partial charge in [-0.3, -0.25) is 19.3 Å². The van der Waals surface area contributed by atoms with E-state index in [4.69, 9.17) is 11.5 Å². The van der Waals surface area contributed by atoms with Crippen LogP contribution >= 0.6 is 0 Å². The molecule has 2 fully saturated rings. The smallest absolute Gasteiger partial charge is 0.237 e. The van der Waals surface area contributed by atoms with E-state index in [0.29, 0.717) is 0 Å². The van der Waals surface area contributed by atoms with Crippen LogP contribution in [0.15, 0.2) is 0 Å². The molecule has 0 bridgehead atoms. The Morgan fingerprint density at radius 2 is 1.78 bits per heavy atom. The zero-order chi connectivity index (χ0) is 13.9. The average Bonchev–Trinajstić information content (AvgIpc) is 2.68. The number of fused-ring (bicyclic) bond motifs is 1. The maximum absolute atomic E-state index is 12.0. The van der Waals surface area contributed by atoms with Gasteiger partial charge in [0.1, 0.15) is 0 Å². The Kier molecular flexibility index (Phi) is 2.56. The van der Waals surface area contributed by atoms with Crippen LogP contribution in [0.25, 0.3) is 0 Å². The predicted octanol–water partition coefficient (Wildman–Crippen LogP) is -0.780. The highest BCUT2D eigenvalue weighted by atomic mass is 16.2. The summed E-state index contributed by atoms with van der Waals surface area (Å²) in [4.78, 5) is 36.3. The first-order chi connectivity index (χ1) is 8.10. The van der Waals surface area contributed by atoms with Crippen LogP contribution in [0, 0.1) is 17.3 Å². The van der Waals surface area contributed by atoms with Crippen molar-refractivity contribution in [1.29, 1.82) is 0 Å². The van der Waals surface area contributed by atoms with Crippen LogP contribution in [0.1, 0.15) is 27.2 Å². The van der Waals surface area contributed by atoms with E-state index >= 15 is 0 Å². The third-order valence-electron chi connectivity index (χ3n) is 4.31. The highest BCUT2D eigenvalue weighted by Crippen LogP contribution is 2.63. The maximum atomic E-state index is 12.0. The topological polar surface area (TPSA) is 106 Å². The van der Waals surface area contributed by atoms with E-state index in [1.165, 1.54) is 11.8 Å². The molecule has 6 nitrogen and oxygen atoms in total. The van der Waals surface area contributed by atoms with Crippen LogP contribution in [-0.4, -0.2) is 34.7 Å². The van der Waals surface area contributed by atoms with Crippen molar-refractivity contribution in [2.45, 2.75) is 32.7 Å². The van der Waals surface area contributed by atoms with Crippen molar-refractivity contribution in [1.82, 2.24) is 4.90 Å². The first-order valence-corrected chi connectivity index (χ1v) is 6.04. The van der Waals surface area contributed by atoms with Crippen LogP contribution < -0.4 is 11.5 Å². The summed E-state index contributed by atoms with van der Waals surface area (Å²) in [6.45, 7) is 5.51. The van der Waals surface area contributed by atoms with Crippen LogP contribution in [0.5, 0.6) is 0 Å². The van der Waals surface area contributed by atoms with Crippen molar-refractivity contribution in [2.24, 2.45) is 28.7 Å². The van der Waals surface area contributed by atoms with Crippen molar-refractivity contribution in [3.05, 3.63) is 0 Å².